The van der Waals surface area contributed by atoms with Crippen LogP contribution in [0.3, 0.4) is 0 Å². The summed E-state index contributed by atoms with van der Waals surface area (Å²) < 4.78 is 17.6. The van der Waals surface area contributed by atoms with Crippen molar-refractivity contribution in [3.8, 4) is 11.5 Å². The van der Waals surface area contributed by atoms with Crippen LogP contribution in [0.5, 0.6) is 11.5 Å². The molecule has 1 amide bonds. The van der Waals surface area contributed by atoms with Crippen molar-refractivity contribution in [2.45, 2.75) is 39.5 Å². The van der Waals surface area contributed by atoms with Gasteiger partial charge >= 0.3 is 0 Å². The Morgan fingerprint density at radius 2 is 2.11 bits per heavy atom. The second kappa shape index (κ2) is 11.1. The minimum atomic E-state index is -0.522. The maximum atomic E-state index is 13.7. The first-order valence-electron chi connectivity index (χ1n) is 12.6. The number of imidazole rings is 1. The highest BCUT2D eigenvalue weighted by Crippen LogP contribution is 2.38. The number of aromatic amines is 1. The van der Waals surface area contributed by atoms with Gasteiger partial charge in [0.2, 0.25) is 0 Å². The molecule has 0 spiro atoms. The lowest BCUT2D eigenvalue weighted by Gasteiger charge is -2.35. The van der Waals surface area contributed by atoms with Crippen molar-refractivity contribution in [2.75, 3.05) is 39.5 Å². The molecule has 3 heterocycles. The van der Waals surface area contributed by atoms with E-state index in [9.17, 15) is 4.79 Å². The lowest BCUT2D eigenvalue weighted by Crippen LogP contribution is -2.51. The normalized spacial score (nSPS) is 18.4. The predicted octanol–water partition coefficient (Wildman–Crippen LogP) is 4.26. The molecule has 8 nitrogen and oxygen atoms in total. The van der Waals surface area contributed by atoms with Gasteiger partial charge in [-0.2, -0.15) is 0 Å². The monoisotopic (exact) mass is 512 g/mol. The Labute approximate surface area is 216 Å². The summed E-state index contributed by atoms with van der Waals surface area (Å²) in [5.74, 6) is 1.52. The zero-order chi connectivity index (χ0) is 25.1. The number of benzene rings is 2. The van der Waals surface area contributed by atoms with E-state index in [1.165, 1.54) is 0 Å². The van der Waals surface area contributed by atoms with Gasteiger partial charge in [0, 0.05) is 39.1 Å². The van der Waals surface area contributed by atoms with Gasteiger partial charge in [0.05, 0.1) is 42.2 Å². The molecule has 192 valence electrons. The summed E-state index contributed by atoms with van der Waals surface area (Å²) in [5, 5.41) is 0.508. The third-order valence-electron chi connectivity index (χ3n) is 6.49. The standard InChI is InChI=1S/C27H33ClN4O4/c1-18(2)13-32(14-19-11-21(28)26-23(12-19)34-8-4-9-36-26)27(33)24-16-31(7-10-35-24)15-20-5-3-6-22-25(20)30-17-29-22/h3,5-6,11-12,17-18,24H,4,7-10,13-16H2,1-2H3,(H,29,30)/t24-/m1/s1. The highest BCUT2D eigenvalue weighted by atomic mass is 35.5. The van der Waals surface area contributed by atoms with Crippen LogP contribution in [0.15, 0.2) is 36.7 Å². The third-order valence-corrected chi connectivity index (χ3v) is 6.77. The number of fused-ring (bicyclic) bond motifs is 2. The Hall–Kier alpha value is -2.81. The van der Waals surface area contributed by atoms with E-state index in [1.54, 1.807) is 6.33 Å². The number of morpholine rings is 1. The molecule has 1 atom stereocenters. The number of rotatable bonds is 7. The van der Waals surface area contributed by atoms with Crippen LogP contribution in [-0.2, 0) is 22.6 Å². The molecule has 0 saturated carbocycles. The molecule has 1 aromatic heterocycles. The van der Waals surface area contributed by atoms with Gasteiger partial charge in [-0.15, -0.1) is 0 Å². The van der Waals surface area contributed by atoms with Crippen molar-refractivity contribution < 1.29 is 19.0 Å². The highest BCUT2D eigenvalue weighted by molar-refractivity contribution is 6.32. The van der Waals surface area contributed by atoms with E-state index in [1.807, 2.05) is 29.2 Å². The molecule has 2 aliphatic heterocycles. The van der Waals surface area contributed by atoms with Crippen LogP contribution in [0.4, 0.5) is 0 Å². The molecule has 1 fully saturated rings. The number of para-hydroxylation sites is 1. The molecule has 0 radical (unpaired) electrons. The average Bonchev–Trinajstić information content (AvgIpc) is 3.22. The number of aromatic nitrogens is 2. The van der Waals surface area contributed by atoms with E-state index >= 15 is 0 Å². The molecule has 2 aromatic carbocycles. The van der Waals surface area contributed by atoms with Crippen LogP contribution in [0.2, 0.25) is 5.02 Å². The quantitative estimate of drug-likeness (QED) is 0.509. The summed E-state index contributed by atoms with van der Waals surface area (Å²) in [6.45, 7) is 8.97. The minimum absolute atomic E-state index is 0.00499. The van der Waals surface area contributed by atoms with Crippen LogP contribution >= 0.6 is 11.6 Å². The van der Waals surface area contributed by atoms with Gasteiger partial charge in [-0.1, -0.05) is 37.6 Å². The molecule has 5 rings (SSSR count). The number of hydrogen-bond donors (Lipinski definition) is 1. The van der Waals surface area contributed by atoms with Gasteiger partial charge in [0.15, 0.2) is 11.5 Å². The third kappa shape index (κ3) is 5.61. The number of nitrogens with one attached hydrogen (secondary N) is 1. The van der Waals surface area contributed by atoms with Crippen LogP contribution in [-0.4, -0.2) is 71.2 Å². The lowest BCUT2D eigenvalue weighted by molar-refractivity contribution is -0.151. The maximum absolute atomic E-state index is 13.7. The zero-order valence-electron chi connectivity index (χ0n) is 20.8. The fourth-order valence-electron chi connectivity index (χ4n) is 4.86. The summed E-state index contributed by atoms with van der Waals surface area (Å²) in [6, 6.07) is 9.95. The first kappa shape index (κ1) is 24.9. The number of amides is 1. The second-order valence-electron chi connectivity index (χ2n) is 9.88. The topological polar surface area (TPSA) is 79.9 Å². The Morgan fingerprint density at radius 1 is 1.25 bits per heavy atom. The SMILES string of the molecule is CC(C)CN(Cc1cc(Cl)c2c(c1)OCCCO2)C(=O)[C@H]1CN(Cc2cccc3[nH]cnc23)CCO1. The lowest BCUT2D eigenvalue weighted by atomic mass is 10.1. The molecule has 2 aliphatic rings. The van der Waals surface area contributed by atoms with Gasteiger partial charge in [0.1, 0.15) is 6.10 Å². The smallest absolute Gasteiger partial charge is 0.253 e. The van der Waals surface area contributed by atoms with Crippen LogP contribution < -0.4 is 9.47 Å². The molecular weight excluding hydrogens is 480 g/mol. The second-order valence-corrected chi connectivity index (χ2v) is 10.3. The number of hydrogen-bond acceptors (Lipinski definition) is 6. The molecule has 1 saturated heterocycles. The van der Waals surface area contributed by atoms with Gasteiger partial charge in [-0.05, 0) is 35.2 Å². The number of ether oxygens (including phenoxy) is 3. The van der Waals surface area contributed by atoms with Crippen molar-refractivity contribution in [2.24, 2.45) is 5.92 Å². The maximum Gasteiger partial charge on any atom is 0.253 e. The zero-order valence-corrected chi connectivity index (χ0v) is 21.6. The van der Waals surface area contributed by atoms with Gasteiger partial charge in [0.25, 0.3) is 5.91 Å². The van der Waals surface area contributed by atoms with E-state index in [2.05, 4.69) is 34.8 Å². The number of halogens is 1. The first-order valence-corrected chi connectivity index (χ1v) is 13.0. The summed E-state index contributed by atoms with van der Waals surface area (Å²) >= 11 is 6.52. The van der Waals surface area contributed by atoms with Gasteiger partial charge < -0.3 is 24.1 Å². The molecule has 0 unspecified atom stereocenters. The Balaban J connectivity index is 1.30. The number of carbonyl (C=O) groups excluding carboxylic acids is 1. The molecule has 0 aliphatic carbocycles. The van der Waals surface area contributed by atoms with Crippen molar-refractivity contribution >= 4 is 28.5 Å². The fraction of sp³-hybridized carbons (Fsp3) is 0.481. The van der Waals surface area contributed by atoms with Crippen molar-refractivity contribution in [1.82, 2.24) is 19.8 Å². The Bertz CT molecular complexity index is 1210. The number of H-pyrrole nitrogens is 1. The fourth-order valence-corrected chi connectivity index (χ4v) is 5.15. The minimum Gasteiger partial charge on any atom is -0.489 e. The van der Waals surface area contributed by atoms with E-state index in [0.29, 0.717) is 61.9 Å². The van der Waals surface area contributed by atoms with Crippen molar-refractivity contribution in [3.05, 3.63) is 52.8 Å². The van der Waals surface area contributed by atoms with Crippen molar-refractivity contribution in [1.29, 1.82) is 0 Å². The van der Waals surface area contributed by atoms with E-state index in [0.717, 1.165) is 41.7 Å². The predicted molar refractivity (Wildman–Crippen MR) is 138 cm³/mol. The van der Waals surface area contributed by atoms with E-state index in [-0.39, 0.29) is 5.91 Å². The summed E-state index contributed by atoms with van der Waals surface area (Å²) in [4.78, 5) is 25.5. The van der Waals surface area contributed by atoms with E-state index in [4.69, 9.17) is 25.8 Å². The first-order chi connectivity index (χ1) is 17.5. The molecule has 1 N–H and O–H groups in total. The average molecular weight is 513 g/mol. The molecule has 0 bridgehead atoms. The van der Waals surface area contributed by atoms with Crippen LogP contribution in [0.1, 0.15) is 31.4 Å². The molecular formula is C27H33ClN4O4. The van der Waals surface area contributed by atoms with E-state index < -0.39 is 6.10 Å². The number of nitrogens with zero attached hydrogens (tertiary/aromatic N) is 3. The van der Waals surface area contributed by atoms with Crippen LogP contribution in [0.25, 0.3) is 11.0 Å². The number of carbonyl (C=O) groups is 1. The Morgan fingerprint density at radius 3 is 2.97 bits per heavy atom. The highest BCUT2D eigenvalue weighted by Gasteiger charge is 2.31. The molecule has 3 aromatic rings. The summed E-state index contributed by atoms with van der Waals surface area (Å²) in [5.41, 5.74) is 4.05. The van der Waals surface area contributed by atoms with Gasteiger partial charge in [-0.25, -0.2) is 4.98 Å². The van der Waals surface area contributed by atoms with Crippen molar-refractivity contribution in [3.63, 3.8) is 0 Å². The Kier molecular flexibility index (Phi) is 7.65. The molecule has 36 heavy (non-hydrogen) atoms. The summed E-state index contributed by atoms with van der Waals surface area (Å²) in [6.07, 6.45) is 2.00. The van der Waals surface area contributed by atoms with Gasteiger partial charge in [-0.3, -0.25) is 9.69 Å². The largest absolute Gasteiger partial charge is 0.489 e. The summed E-state index contributed by atoms with van der Waals surface area (Å²) in [7, 11) is 0. The molecule has 9 heteroatoms. The van der Waals surface area contributed by atoms with Crippen LogP contribution in [0, 0.1) is 5.92 Å².